The highest BCUT2D eigenvalue weighted by Gasteiger charge is 2.24. The average molecular weight is 710 g/mol. The zero-order chi connectivity index (χ0) is 35.7. The van der Waals surface area contributed by atoms with E-state index in [2.05, 4.69) is 13.8 Å². The van der Waals surface area contributed by atoms with E-state index in [0.29, 0.717) is 12.8 Å². The van der Waals surface area contributed by atoms with Crippen LogP contribution in [0.1, 0.15) is 271 Å². The fourth-order valence-electron chi connectivity index (χ4n) is 7.46. The monoisotopic (exact) mass is 709 g/mol. The van der Waals surface area contributed by atoms with E-state index >= 15 is 0 Å². The molecule has 0 aliphatic carbocycles. The third kappa shape index (κ3) is 37.2. The number of carbonyl (C=O) groups excluding carboxylic acids is 2. The number of carbonyl (C=O) groups is 2. The Labute approximate surface area is 314 Å². The van der Waals surface area contributed by atoms with Gasteiger partial charge in [-0.2, -0.15) is 0 Å². The van der Waals surface area contributed by atoms with Gasteiger partial charge >= 0.3 is 0 Å². The molecule has 49 heavy (non-hydrogen) atoms. The number of halogens is 1. The summed E-state index contributed by atoms with van der Waals surface area (Å²) < 4.78 is 0. The van der Waals surface area contributed by atoms with E-state index in [1.165, 1.54) is 218 Å². The maximum absolute atomic E-state index is 12.7. The van der Waals surface area contributed by atoms with Crippen molar-refractivity contribution in [3.63, 3.8) is 0 Å². The first-order valence-electron chi connectivity index (χ1n) is 22.8. The van der Waals surface area contributed by atoms with Gasteiger partial charge in [-0.1, -0.05) is 245 Å². The first-order chi connectivity index (χ1) is 24.2. The second kappa shape index (κ2) is 42.0. The molecule has 0 saturated carbocycles. The molecular formula is C46H89ClO2. The van der Waals surface area contributed by atoms with Crippen LogP contribution in [-0.4, -0.2) is 17.4 Å². The van der Waals surface area contributed by atoms with Gasteiger partial charge in [0, 0.05) is 18.7 Å². The minimum absolute atomic E-state index is 0.0878. The maximum atomic E-state index is 12.7. The van der Waals surface area contributed by atoms with Gasteiger partial charge in [0.1, 0.15) is 11.6 Å². The molecule has 3 heteroatoms. The zero-order valence-corrected chi connectivity index (χ0v) is 34.5. The molecule has 0 fully saturated rings. The maximum Gasteiger partial charge on any atom is 0.144 e. The Balaban J connectivity index is 3.47. The van der Waals surface area contributed by atoms with Gasteiger partial charge in [-0.25, -0.2) is 0 Å². The third-order valence-corrected chi connectivity index (χ3v) is 11.3. The van der Waals surface area contributed by atoms with E-state index in [4.69, 9.17) is 11.6 Å². The molecule has 292 valence electrons. The summed E-state index contributed by atoms with van der Waals surface area (Å²) in [6.45, 7) is 4.58. The fourth-order valence-corrected chi connectivity index (χ4v) is 7.80. The van der Waals surface area contributed by atoms with Crippen molar-refractivity contribution in [2.75, 3.05) is 5.88 Å². The van der Waals surface area contributed by atoms with E-state index < -0.39 is 5.92 Å². The smallest absolute Gasteiger partial charge is 0.144 e. The summed E-state index contributed by atoms with van der Waals surface area (Å²) in [5.74, 6) is -0.224. The van der Waals surface area contributed by atoms with E-state index in [1.54, 1.807) is 0 Å². The average Bonchev–Trinajstić information content (AvgIpc) is 3.10. The van der Waals surface area contributed by atoms with Crippen molar-refractivity contribution >= 4 is 23.2 Å². The van der Waals surface area contributed by atoms with Gasteiger partial charge in [0.15, 0.2) is 0 Å². The van der Waals surface area contributed by atoms with Crippen LogP contribution in [0.15, 0.2) is 0 Å². The van der Waals surface area contributed by atoms with Crippen LogP contribution in [-0.2, 0) is 9.59 Å². The lowest BCUT2D eigenvalue weighted by Crippen LogP contribution is -2.25. The quantitative estimate of drug-likeness (QED) is 0.0359. The molecule has 0 aliphatic rings. The summed E-state index contributed by atoms with van der Waals surface area (Å²) in [6.07, 6.45) is 52.4. The Morgan fingerprint density at radius 2 is 0.469 bits per heavy atom. The van der Waals surface area contributed by atoms with Crippen LogP contribution in [0, 0.1) is 5.92 Å². The minimum atomic E-state index is -0.562. The number of hydrogen-bond donors (Lipinski definition) is 0. The van der Waals surface area contributed by atoms with Crippen LogP contribution in [0.5, 0.6) is 0 Å². The lowest BCUT2D eigenvalue weighted by atomic mass is 9.93. The van der Waals surface area contributed by atoms with E-state index in [9.17, 15) is 9.59 Å². The van der Waals surface area contributed by atoms with Crippen molar-refractivity contribution in [3.05, 3.63) is 0 Å². The Bertz CT molecular complexity index is 607. The summed E-state index contributed by atoms with van der Waals surface area (Å²) in [4.78, 5) is 25.4. The van der Waals surface area contributed by atoms with Gasteiger partial charge in [-0.15, -0.1) is 11.6 Å². The number of hydrogen-bond acceptors (Lipinski definition) is 2. The molecule has 0 aromatic carbocycles. The first kappa shape index (κ1) is 48.6. The standard InChI is InChI=1S/C46H89ClO2/c1-3-5-7-9-11-13-15-17-19-21-23-25-27-29-31-33-35-37-39-41-45(48)44(43-47)46(49)42-40-38-36-34-32-30-28-26-24-22-20-18-16-14-12-10-8-6-4-2/h44H,3-43H2,1-2H3. The Morgan fingerprint density at radius 1 is 0.306 bits per heavy atom. The largest absolute Gasteiger partial charge is 0.299 e. The number of unbranched alkanes of at least 4 members (excludes halogenated alkanes) is 36. The first-order valence-corrected chi connectivity index (χ1v) is 23.3. The number of Topliss-reactive ketones (excluding diaryl/α,β-unsaturated/α-hetero) is 2. The van der Waals surface area contributed by atoms with Crippen LogP contribution in [0.3, 0.4) is 0 Å². The Morgan fingerprint density at radius 3 is 0.633 bits per heavy atom. The van der Waals surface area contributed by atoms with Crippen molar-refractivity contribution in [1.82, 2.24) is 0 Å². The highest BCUT2D eigenvalue weighted by atomic mass is 35.5. The van der Waals surface area contributed by atoms with Crippen molar-refractivity contribution in [2.45, 2.75) is 271 Å². The number of alkyl halides is 1. The summed E-state index contributed by atoms with van der Waals surface area (Å²) in [5.41, 5.74) is 0. The van der Waals surface area contributed by atoms with Gasteiger partial charge in [-0.05, 0) is 12.8 Å². The predicted molar refractivity (Wildman–Crippen MR) is 220 cm³/mol. The van der Waals surface area contributed by atoms with Crippen LogP contribution >= 0.6 is 11.6 Å². The molecule has 0 rings (SSSR count). The predicted octanol–water partition coefficient (Wildman–Crippen LogP) is 16.6. The molecule has 0 saturated heterocycles. The number of ketones is 2. The van der Waals surface area contributed by atoms with Gasteiger partial charge in [0.05, 0.1) is 5.92 Å². The highest BCUT2D eigenvalue weighted by molar-refractivity contribution is 6.22. The molecule has 0 aromatic rings. The fraction of sp³-hybridized carbons (Fsp3) is 0.957. The van der Waals surface area contributed by atoms with Crippen molar-refractivity contribution < 1.29 is 9.59 Å². The molecular weight excluding hydrogens is 620 g/mol. The molecule has 0 amide bonds. The topological polar surface area (TPSA) is 34.1 Å². The normalized spacial score (nSPS) is 11.6. The molecule has 0 spiro atoms. The molecule has 0 aliphatic heterocycles. The van der Waals surface area contributed by atoms with E-state index in [-0.39, 0.29) is 17.4 Å². The van der Waals surface area contributed by atoms with Crippen molar-refractivity contribution in [3.8, 4) is 0 Å². The summed E-state index contributed by atoms with van der Waals surface area (Å²) >= 11 is 6.10. The zero-order valence-electron chi connectivity index (χ0n) is 33.8. The van der Waals surface area contributed by atoms with E-state index in [1.807, 2.05) is 0 Å². The summed E-state index contributed by atoms with van der Waals surface area (Å²) in [5, 5.41) is 0. The van der Waals surface area contributed by atoms with Gasteiger partial charge in [0.25, 0.3) is 0 Å². The summed E-state index contributed by atoms with van der Waals surface area (Å²) in [6, 6.07) is 0. The third-order valence-electron chi connectivity index (χ3n) is 11.0. The number of rotatable bonds is 43. The van der Waals surface area contributed by atoms with E-state index in [0.717, 1.165) is 25.7 Å². The van der Waals surface area contributed by atoms with Gasteiger partial charge < -0.3 is 0 Å². The second-order valence-electron chi connectivity index (χ2n) is 15.9. The minimum Gasteiger partial charge on any atom is -0.299 e. The molecule has 0 bridgehead atoms. The highest BCUT2D eigenvalue weighted by Crippen LogP contribution is 2.19. The molecule has 0 radical (unpaired) electrons. The molecule has 0 unspecified atom stereocenters. The Kier molecular flexibility index (Phi) is 41.7. The molecule has 0 heterocycles. The van der Waals surface area contributed by atoms with Gasteiger partial charge in [0.2, 0.25) is 0 Å². The van der Waals surface area contributed by atoms with Crippen LogP contribution in [0.4, 0.5) is 0 Å². The van der Waals surface area contributed by atoms with Crippen molar-refractivity contribution in [1.29, 1.82) is 0 Å². The molecule has 0 atom stereocenters. The SMILES string of the molecule is CCCCCCCCCCCCCCCCCCCCCC(=O)C(CCl)C(=O)CCCCCCCCCCCCCCCCCCCCC. The van der Waals surface area contributed by atoms with Crippen molar-refractivity contribution in [2.24, 2.45) is 5.92 Å². The summed E-state index contributed by atoms with van der Waals surface area (Å²) in [7, 11) is 0. The lowest BCUT2D eigenvalue weighted by molar-refractivity contribution is -0.132. The molecule has 0 N–H and O–H groups in total. The molecule has 2 nitrogen and oxygen atoms in total. The second-order valence-corrected chi connectivity index (χ2v) is 16.2. The van der Waals surface area contributed by atoms with Crippen LogP contribution in [0.2, 0.25) is 0 Å². The lowest BCUT2D eigenvalue weighted by Gasteiger charge is -2.12. The Hall–Kier alpha value is -0.370. The van der Waals surface area contributed by atoms with Crippen LogP contribution < -0.4 is 0 Å². The van der Waals surface area contributed by atoms with Gasteiger partial charge in [-0.3, -0.25) is 9.59 Å². The molecule has 0 aromatic heterocycles. The van der Waals surface area contributed by atoms with Crippen LogP contribution in [0.25, 0.3) is 0 Å².